The highest BCUT2D eigenvalue weighted by molar-refractivity contribution is 6.20. The molecule has 0 spiro atoms. The lowest BCUT2D eigenvalue weighted by atomic mass is 10.2. The normalized spacial score (nSPS) is 6.82. The molecule has 1 rings (SSSR count). The van der Waals surface area contributed by atoms with Gasteiger partial charge in [-0.2, -0.15) is 0 Å². The summed E-state index contributed by atoms with van der Waals surface area (Å²) in [5.74, 6) is 1.25. The summed E-state index contributed by atoms with van der Waals surface area (Å²) in [6, 6.07) is 10.0. The summed E-state index contributed by atoms with van der Waals surface area (Å²) in [5.41, 5.74) is 1.17. The molecule has 1 nitrogen and oxygen atoms in total. The molecule has 0 saturated heterocycles. The molecular weight excluding hydrogens is 133 g/mol. The molecule has 2 radical (unpaired) electrons. The van der Waals surface area contributed by atoms with E-state index in [1.165, 1.54) is 11.5 Å². The highest BCUT2D eigenvalue weighted by Crippen LogP contribution is 1.97. The van der Waals surface area contributed by atoms with Crippen LogP contribution < -0.4 is 0 Å². The van der Waals surface area contributed by atoms with Gasteiger partial charge in [-0.3, -0.25) is 0 Å². The van der Waals surface area contributed by atoms with Crippen molar-refractivity contribution in [3.63, 3.8) is 0 Å². The molecule has 0 fully saturated rings. The second kappa shape index (κ2) is 6.63. The summed E-state index contributed by atoms with van der Waals surface area (Å²) in [5, 5.41) is 7.10. The van der Waals surface area contributed by atoms with Crippen LogP contribution in [0.4, 0.5) is 0 Å². The van der Waals surface area contributed by atoms with Crippen LogP contribution in [0.15, 0.2) is 36.9 Å². The lowest BCUT2D eigenvalue weighted by molar-refractivity contribution is 1.57. The lowest BCUT2D eigenvalue weighted by Crippen LogP contribution is -1.63. The minimum absolute atomic E-state index is 1.17. The number of nitriles is 1. The average molecular weight is 141 g/mol. The van der Waals surface area contributed by atoms with Crippen LogP contribution in [0.3, 0.4) is 0 Å². The van der Waals surface area contributed by atoms with Gasteiger partial charge in [0.2, 0.25) is 7.85 Å². The van der Waals surface area contributed by atoms with Crippen LogP contribution >= 0.6 is 0 Å². The molecule has 0 atom stereocenters. The van der Waals surface area contributed by atoms with Crippen molar-refractivity contribution in [1.82, 2.24) is 0 Å². The largest absolute Gasteiger partial charge is 0.229 e. The van der Waals surface area contributed by atoms with Gasteiger partial charge in [-0.05, 0) is 11.5 Å². The fraction of sp³-hybridized carbons (Fsp3) is 0. The molecule has 1 aromatic rings. The van der Waals surface area contributed by atoms with Gasteiger partial charge in [0.25, 0.3) is 0 Å². The van der Waals surface area contributed by atoms with Crippen LogP contribution in [0.5, 0.6) is 0 Å². The first-order valence-electron chi connectivity index (χ1n) is 3.12. The van der Waals surface area contributed by atoms with Crippen molar-refractivity contribution < 1.29 is 0 Å². The zero-order valence-corrected chi connectivity index (χ0v) is 6.20. The van der Waals surface area contributed by atoms with Crippen LogP contribution in [0.1, 0.15) is 5.56 Å². The molecule has 0 aliphatic carbocycles. The average Bonchev–Trinajstić information content (AvgIpc) is 2.08. The fourth-order valence-corrected chi connectivity index (χ4v) is 0.589. The summed E-state index contributed by atoms with van der Waals surface area (Å²) in [4.78, 5) is 0. The van der Waals surface area contributed by atoms with Gasteiger partial charge in [0.05, 0.1) is 0 Å². The SMILES string of the molecule is C=Cc1ccccc1.[B]C#N. The summed E-state index contributed by atoms with van der Waals surface area (Å²) in [6.07, 6.45) is 1.83. The molecule has 0 aliphatic heterocycles. The van der Waals surface area contributed by atoms with Gasteiger partial charge in [0.1, 0.15) is 0 Å². The Bertz CT molecular complexity index is 235. The molecule has 0 unspecified atom stereocenters. The maximum atomic E-state index is 7.10. The first-order chi connectivity index (χ1) is 5.35. The quantitative estimate of drug-likeness (QED) is 0.548. The van der Waals surface area contributed by atoms with Crippen molar-refractivity contribution in [3.8, 4) is 5.97 Å². The second-order valence-corrected chi connectivity index (χ2v) is 1.74. The first-order valence-corrected chi connectivity index (χ1v) is 3.12. The molecule has 2 heteroatoms. The maximum absolute atomic E-state index is 7.10. The molecule has 1 aromatic carbocycles. The van der Waals surface area contributed by atoms with E-state index in [0.717, 1.165) is 0 Å². The summed E-state index contributed by atoms with van der Waals surface area (Å²) < 4.78 is 0. The van der Waals surface area contributed by atoms with E-state index in [9.17, 15) is 0 Å². The number of hydrogen-bond acceptors (Lipinski definition) is 1. The van der Waals surface area contributed by atoms with Crippen LogP contribution in [0.2, 0.25) is 0 Å². The van der Waals surface area contributed by atoms with E-state index in [1.54, 1.807) is 0 Å². The van der Waals surface area contributed by atoms with Crippen LogP contribution in [0.25, 0.3) is 6.08 Å². The van der Waals surface area contributed by atoms with Gasteiger partial charge in [-0.15, -0.1) is 0 Å². The highest BCUT2D eigenvalue weighted by atomic mass is 14.2. The van der Waals surface area contributed by atoms with E-state index >= 15 is 0 Å². The molecule has 0 N–H and O–H groups in total. The van der Waals surface area contributed by atoms with Crippen molar-refractivity contribution >= 4 is 13.9 Å². The van der Waals surface area contributed by atoms with E-state index in [0.29, 0.717) is 0 Å². The molecule has 11 heavy (non-hydrogen) atoms. The smallest absolute Gasteiger partial charge is 0.214 e. The van der Waals surface area contributed by atoms with E-state index in [1.807, 2.05) is 36.4 Å². The maximum Gasteiger partial charge on any atom is 0.229 e. The van der Waals surface area contributed by atoms with Crippen LogP contribution in [0, 0.1) is 11.2 Å². The lowest BCUT2D eigenvalue weighted by Gasteiger charge is -1.85. The molecule has 0 amide bonds. The molecule has 52 valence electrons. The van der Waals surface area contributed by atoms with Crippen LogP contribution in [-0.4, -0.2) is 7.85 Å². The van der Waals surface area contributed by atoms with Crippen molar-refractivity contribution in [2.45, 2.75) is 0 Å². The molecule has 0 aliphatic rings. The molecular formula is C9H8BN. The van der Waals surface area contributed by atoms with Gasteiger partial charge in [-0.25, -0.2) is 5.26 Å². The Hall–Kier alpha value is -1.49. The van der Waals surface area contributed by atoms with E-state index in [-0.39, 0.29) is 0 Å². The van der Waals surface area contributed by atoms with E-state index in [2.05, 4.69) is 14.4 Å². The third-order valence-corrected chi connectivity index (χ3v) is 1.04. The van der Waals surface area contributed by atoms with Crippen molar-refractivity contribution in [3.05, 3.63) is 42.5 Å². The molecule has 0 bridgehead atoms. The molecule has 0 aromatic heterocycles. The zero-order valence-electron chi connectivity index (χ0n) is 6.20. The van der Waals surface area contributed by atoms with E-state index in [4.69, 9.17) is 5.26 Å². The Kier molecular flexibility index (Phi) is 5.74. The Balaban J connectivity index is 0.000000292. The Labute approximate surface area is 68.4 Å². The molecule has 0 saturated carbocycles. The number of nitrogens with zero attached hydrogens (tertiary/aromatic N) is 1. The van der Waals surface area contributed by atoms with Crippen LogP contribution in [-0.2, 0) is 0 Å². The van der Waals surface area contributed by atoms with E-state index < -0.39 is 0 Å². The third-order valence-electron chi connectivity index (χ3n) is 1.04. The minimum Gasteiger partial charge on any atom is -0.214 e. The minimum atomic E-state index is 1.17. The van der Waals surface area contributed by atoms with Gasteiger partial charge < -0.3 is 0 Å². The van der Waals surface area contributed by atoms with Crippen molar-refractivity contribution in [2.24, 2.45) is 0 Å². The Morgan fingerprint density at radius 2 is 1.82 bits per heavy atom. The van der Waals surface area contributed by atoms with Crippen molar-refractivity contribution in [1.29, 1.82) is 5.26 Å². The predicted octanol–water partition coefficient (Wildman–Crippen LogP) is 1.97. The monoisotopic (exact) mass is 141 g/mol. The summed E-state index contributed by atoms with van der Waals surface area (Å²) >= 11 is 0. The topological polar surface area (TPSA) is 23.8 Å². The predicted molar refractivity (Wildman–Crippen MR) is 47.9 cm³/mol. The second-order valence-electron chi connectivity index (χ2n) is 1.74. The van der Waals surface area contributed by atoms with Gasteiger partial charge in [-0.1, -0.05) is 43.0 Å². The van der Waals surface area contributed by atoms with Gasteiger partial charge in [0, 0.05) is 0 Å². The Morgan fingerprint density at radius 1 is 1.36 bits per heavy atom. The Morgan fingerprint density at radius 3 is 2.09 bits per heavy atom. The summed E-state index contributed by atoms with van der Waals surface area (Å²) in [6.45, 7) is 3.63. The standard InChI is InChI=1S/C8H8.CBN/c1-2-8-6-4-3-5-7-8;2-1-3/h2-7H,1H2;. The third kappa shape index (κ3) is 4.98. The zero-order chi connectivity index (χ0) is 8.53. The fourth-order valence-electron chi connectivity index (χ4n) is 0.589. The number of benzene rings is 1. The first kappa shape index (κ1) is 9.51. The van der Waals surface area contributed by atoms with Gasteiger partial charge >= 0.3 is 0 Å². The molecule has 0 heterocycles. The highest BCUT2D eigenvalue weighted by Gasteiger charge is 1.75. The van der Waals surface area contributed by atoms with Gasteiger partial charge in [0.15, 0.2) is 0 Å². The van der Waals surface area contributed by atoms with Crippen molar-refractivity contribution in [2.75, 3.05) is 0 Å². The summed E-state index contributed by atoms with van der Waals surface area (Å²) in [7, 11) is 4.15. The number of hydrogen-bond donors (Lipinski definition) is 0. The number of rotatable bonds is 1.